The number of unbranched alkanes of at least 4 members (excludes halogenated alkanes) is 1. The first-order valence-electron chi connectivity index (χ1n) is 15.9. The lowest BCUT2D eigenvalue weighted by Gasteiger charge is -2.35. The molecule has 9 heteroatoms. The first-order valence-corrected chi connectivity index (χ1v) is 16.7. The molecule has 2 aromatic carbocycles. The zero-order valence-corrected chi connectivity index (χ0v) is 26.4. The molecule has 0 aromatic heterocycles. The number of nitrogens with zero attached hydrogens (tertiary/aromatic N) is 4. The minimum atomic E-state index is -0.853. The number of amides is 3. The monoisotopic (exact) mass is 614 g/mol. The Morgan fingerprint density at radius 1 is 0.909 bits per heavy atom. The Morgan fingerprint density at radius 2 is 1.66 bits per heavy atom. The molecule has 1 N–H and O–H groups in total. The molecular weight excluding hydrogens is 572 g/mol. The summed E-state index contributed by atoms with van der Waals surface area (Å²) in [5.41, 5.74) is 2.94. The van der Waals surface area contributed by atoms with Crippen LogP contribution >= 0.6 is 11.8 Å². The SMILES string of the molecule is CCN(CC)c1ccc(N2CC=C[C@]34S[C@@H]5C=CCN(Cc6ccccc6)C(=O)[C@@H]5[C@H]3C(=O)N(CCCCO)C4C2=O)cc1. The van der Waals surface area contributed by atoms with E-state index in [1.165, 1.54) is 0 Å². The standard InChI is InChI=1S/C35H42N4O4S/c1-3-36(4-2)26-15-17-27(18-16-26)38-22-11-19-35-30(33(42)39(21-8-9-23-40)31(35)34(38)43)29-28(44-35)14-10-20-37(32(29)41)24-25-12-6-5-7-13-25/h5-7,10-19,28-31,40H,3-4,8-9,20-24H2,1-2H3/t28-,29+,30+,31?,35+/m1/s1. The van der Waals surface area contributed by atoms with Crippen molar-refractivity contribution < 1.29 is 19.5 Å². The summed E-state index contributed by atoms with van der Waals surface area (Å²) in [5.74, 6) is -1.48. The van der Waals surface area contributed by atoms with Gasteiger partial charge in [0.05, 0.1) is 16.6 Å². The van der Waals surface area contributed by atoms with Crippen LogP contribution in [-0.4, -0.2) is 88.0 Å². The van der Waals surface area contributed by atoms with Crippen LogP contribution in [0.5, 0.6) is 0 Å². The van der Waals surface area contributed by atoms with E-state index in [2.05, 4.69) is 43.0 Å². The van der Waals surface area contributed by atoms with Crippen LogP contribution in [0.3, 0.4) is 0 Å². The summed E-state index contributed by atoms with van der Waals surface area (Å²) < 4.78 is -0.853. The Kier molecular flexibility index (Phi) is 8.87. The lowest BCUT2D eigenvalue weighted by molar-refractivity contribution is -0.143. The molecule has 2 saturated heterocycles. The van der Waals surface area contributed by atoms with Crippen LogP contribution in [0.25, 0.3) is 0 Å². The molecule has 0 radical (unpaired) electrons. The van der Waals surface area contributed by atoms with Crippen LogP contribution in [-0.2, 0) is 20.9 Å². The van der Waals surface area contributed by atoms with Crippen LogP contribution in [0, 0.1) is 11.8 Å². The van der Waals surface area contributed by atoms with Gasteiger partial charge in [0.1, 0.15) is 6.04 Å². The van der Waals surface area contributed by atoms with Gasteiger partial charge < -0.3 is 24.7 Å². The summed E-state index contributed by atoms with van der Waals surface area (Å²) in [6, 6.07) is 17.3. The Balaban J connectivity index is 1.35. The summed E-state index contributed by atoms with van der Waals surface area (Å²) in [7, 11) is 0. The molecular formula is C35H42N4O4S. The highest BCUT2D eigenvalue weighted by atomic mass is 32.2. The van der Waals surface area contributed by atoms with Crippen LogP contribution < -0.4 is 9.80 Å². The number of carbonyl (C=O) groups is 3. The molecule has 4 heterocycles. The van der Waals surface area contributed by atoms with Crippen molar-refractivity contribution >= 4 is 40.9 Å². The van der Waals surface area contributed by atoms with Gasteiger partial charge in [-0.25, -0.2) is 0 Å². The van der Waals surface area contributed by atoms with E-state index < -0.39 is 22.6 Å². The quantitative estimate of drug-likeness (QED) is 0.321. The Labute approximate surface area is 264 Å². The van der Waals surface area contributed by atoms with Crippen LogP contribution in [0.15, 0.2) is 78.9 Å². The van der Waals surface area contributed by atoms with Crippen molar-refractivity contribution in [1.82, 2.24) is 9.80 Å². The summed E-state index contributed by atoms with van der Waals surface area (Å²) in [6.07, 6.45) is 9.34. The number of aliphatic hydroxyl groups is 1. The van der Waals surface area contributed by atoms with Gasteiger partial charge in [-0.15, -0.1) is 11.8 Å². The zero-order valence-electron chi connectivity index (χ0n) is 25.5. The summed E-state index contributed by atoms with van der Waals surface area (Å²) >= 11 is 1.61. The van der Waals surface area contributed by atoms with E-state index in [4.69, 9.17) is 0 Å². The van der Waals surface area contributed by atoms with Crippen molar-refractivity contribution in [3.63, 3.8) is 0 Å². The third-order valence-corrected chi connectivity index (χ3v) is 11.3. The molecule has 4 aliphatic rings. The van der Waals surface area contributed by atoms with Crippen molar-refractivity contribution in [3.05, 3.63) is 84.5 Å². The van der Waals surface area contributed by atoms with Gasteiger partial charge in [0.2, 0.25) is 11.8 Å². The van der Waals surface area contributed by atoms with Crippen molar-refractivity contribution in [1.29, 1.82) is 0 Å². The number of anilines is 2. The number of aliphatic hydroxyl groups excluding tert-OH is 1. The second kappa shape index (κ2) is 12.8. The lowest BCUT2D eigenvalue weighted by atomic mass is 9.78. The maximum atomic E-state index is 14.7. The normalized spacial score (nSPS) is 27.7. The third-order valence-electron chi connectivity index (χ3n) is 9.56. The maximum Gasteiger partial charge on any atom is 0.251 e. The van der Waals surface area contributed by atoms with Crippen LogP contribution in [0.1, 0.15) is 32.3 Å². The molecule has 232 valence electrons. The number of hydrogen-bond donors (Lipinski definition) is 1. The third kappa shape index (κ3) is 5.24. The van der Waals surface area contributed by atoms with Gasteiger partial charge in [-0.1, -0.05) is 54.6 Å². The second-order valence-electron chi connectivity index (χ2n) is 12.0. The zero-order chi connectivity index (χ0) is 30.8. The van der Waals surface area contributed by atoms with Gasteiger partial charge in [-0.05, 0) is 56.5 Å². The number of hydrogen-bond acceptors (Lipinski definition) is 6. The molecule has 8 nitrogen and oxygen atoms in total. The molecule has 0 bridgehead atoms. The number of rotatable bonds is 10. The molecule has 3 amide bonds. The number of carbonyl (C=O) groups excluding carboxylic acids is 3. The van der Waals surface area contributed by atoms with Crippen molar-refractivity contribution in [2.75, 3.05) is 49.1 Å². The van der Waals surface area contributed by atoms with E-state index in [0.717, 1.165) is 30.0 Å². The Hall–Kier alpha value is -3.56. The van der Waals surface area contributed by atoms with E-state index in [1.54, 1.807) is 21.6 Å². The van der Waals surface area contributed by atoms with Gasteiger partial charge in [-0.2, -0.15) is 0 Å². The molecule has 0 aliphatic carbocycles. The molecule has 44 heavy (non-hydrogen) atoms. The molecule has 1 unspecified atom stereocenters. The van der Waals surface area contributed by atoms with E-state index in [0.29, 0.717) is 39.0 Å². The fourth-order valence-electron chi connectivity index (χ4n) is 7.43. The average Bonchev–Trinajstić information content (AvgIpc) is 3.35. The smallest absolute Gasteiger partial charge is 0.251 e. The van der Waals surface area contributed by atoms with Gasteiger partial charge in [-0.3, -0.25) is 14.4 Å². The number of thioether (sulfide) groups is 1. The highest BCUT2D eigenvalue weighted by Crippen LogP contribution is 2.61. The van der Waals surface area contributed by atoms with Gasteiger partial charge >= 0.3 is 0 Å². The largest absolute Gasteiger partial charge is 0.396 e. The Morgan fingerprint density at radius 3 is 2.36 bits per heavy atom. The van der Waals surface area contributed by atoms with Crippen LogP contribution in [0.2, 0.25) is 0 Å². The predicted molar refractivity (Wildman–Crippen MR) is 175 cm³/mol. The van der Waals surface area contributed by atoms with Crippen molar-refractivity contribution in [3.8, 4) is 0 Å². The van der Waals surface area contributed by atoms with Crippen LogP contribution in [0.4, 0.5) is 11.4 Å². The first kappa shape index (κ1) is 30.5. The molecule has 4 aliphatic heterocycles. The minimum absolute atomic E-state index is 0.0251. The highest BCUT2D eigenvalue weighted by Gasteiger charge is 2.70. The fraction of sp³-hybridized carbons (Fsp3) is 0.457. The van der Waals surface area contributed by atoms with Gasteiger partial charge in [0, 0.05) is 62.5 Å². The summed E-state index contributed by atoms with van der Waals surface area (Å²) in [4.78, 5) is 51.0. The fourth-order valence-corrected chi connectivity index (χ4v) is 9.44. The number of fused-ring (bicyclic) bond motifs is 2. The lowest BCUT2D eigenvalue weighted by Crippen LogP contribution is -2.53. The van der Waals surface area contributed by atoms with E-state index in [-0.39, 0.29) is 29.6 Å². The molecule has 5 atom stereocenters. The topological polar surface area (TPSA) is 84.4 Å². The Bertz CT molecular complexity index is 1430. The molecule has 0 saturated carbocycles. The van der Waals surface area contributed by atoms with Crippen molar-refractivity contribution in [2.24, 2.45) is 11.8 Å². The molecule has 2 aromatic rings. The molecule has 2 fully saturated rings. The second-order valence-corrected chi connectivity index (χ2v) is 13.5. The predicted octanol–water partition coefficient (Wildman–Crippen LogP) is 4.10. The van der Waals surface area contributed by atoms with Crippen molar-refractivity contribution in [2.45, 2.75) is 49.3 Å². The molecule has 6 rings (SSSR count). The van der Waals surface area contributed by atoms with Gasteiger partial charge in [0.25, 0.3) is 5.91 Å². The highest BCUT2D eigenvalue weighted by molar-refractivity contribution is 8.02. The number of benzene rings is 2. The minimum Gasteiger partial charge on any atom is -0.396 e. The van der Waals surface area contributed by atoms with E-state index >= 15 is 0 Å². The van der Waals surface area contributed by atoms with E-state index in [9.17, 15) is 19.5 Å². The summed E-state index contributed by atoms with van der Waals surface area (Å²) in [5, 5.41) is 9.30. The van der Waals surface area contributed by atoms with E-state index in [1.807, 2.05) is 59.5 Å². The maximum absolute atomic E-state index is 14.7. The number of likely N-dealkylation sites (tertiary alicyclic amines) is 1. The average molecular weight is 615 g/mol. The summed E-state index contributed by atoms with van der Waals surface area (Å²) in [6.45, 7) is 7.79. The first-order chi connectivity index (χ1) is 21.4. The van der Waals surface area contributed by atoms with Gasteiger partial charge in [0.15, 0.2) is 0 Å². The molecule has 1 spiro atoms.